The average molecular weight is 253 g/mol. The van der Waals surface area contributed by atoms with E-state index in [0.717, 1.165) is 19.0 Å². The largest absolute Gasteiger partial charge is 0.444 e. The van der Waals surface area contributed by atoms with E-state index >= 15 is 0 Å². The minimum absolute atomic E-state index is 0.122. The van der Waals surface area contributed by atoms with Crippen molar-refractivity contribution >= 4 is 6.09 Å². The summed E-state index contributed by atoms with van der Waals surface area (Å²) in [7, 11) is 0. The van der Waals surface area contributed by atoms with Gasteiger partial charge in [-0.3, -0.25) is 0 Å². The Hall–Kier alpha value is -0.730. The summed E-state index contributed by atoms with van der Waals surface area (Å²) in [6.45, 7) is 9.96. The first-order chi connectivity index (χ1) is 8.35. The molecule has 1 saturated heterocycles. The summed E-state index contributed by atoms with van der Waals surface area (Å²) in [6, 6.07) is 0. The van der Waals surface area contributed by atoms with Crippen LogP contribution in [0.5, 0.6) is 0 Å². The maximum atomic E-state index is 12.1. The predicted molar refractivity (Wildman–Crippen MR) is 72.4 cm³/mol. The number of carbonyl (C=O) groups excluding carboxylic acids is 1. The highest BCUT2D eigenvalue weighted by Crippen LogP contribution is 2.37. The number of hydrogen-bond donors (Lipinski definition) is 0. The van der Waals surface area contributed by atoms with Crippen molar-refractivity contribution in [1.82, 2.24) is 4.90 Å². The van der Waals surface area contributed by atoms with E-state index in [2.05, 4.69) is 6.92 Å². The molecule has 0 spiro atoms. The van der Waals surface area contributed by atoms with E-state index in [0.29, 0.717) is 11.8 Å². The van der Waals surface area contributed by atoms with Crippen LogP contribution in [0.25, 0.3) is 0 Å². The quantitative estimate of drug-likeness (QED) is 0.659. The van der Waals surface area contributed by atoms with Crippen LogP contribution in [-0.2, 0) is 4.74 Å². The van der Waals surface area contributed by atoms with Gasteiger partial charge in [0.05, 0.1) is 0 Å². The molecule has 2 rings (SSSR count). The smallest absolute Gasteiger partial charge is 0.410 e. The first-order valence-corrected chi connectivity index (χ1v) is 7.33. The number of amides is 1. The summed E-state index contributed by atoms with van der Waals surface area (Å²) >= 11 is 0. The summed E-state index contributed by atoms with van der Waals surface area (Å²) in [5.74, 6) is 2.23. The van der Waals surface area contributed by atoms with Crippen molar-refractivity contribution in [3.8, 4) is 0 Å². The molecule has 1 saturated carbocycles. The van der Waals surface area contributed by atoms with Crippen molar-refractivity contribution in [3.63, 3.8) is 0 Å². The monoisotopic (exact) mass is 253 g/mol. The lowest BCUT2D eigenvalue weighted by molar-refractivity contribution is 0.0281. The molecule has 0 aromatic carbocycles. The normalized spacial score (nSPS) is 32.9. The van der Waals surface area contributed by atoms with Crippen molar-refractivity contribution in [2.75, 3.05) is 13.1 Å². The molecule has 2 aliphatic rings. The summed E-state index contributed by atoms with van der Waals surface area (Å²) < 4.78 is 5.47. The second-order valence-electron chi connectivity index (χ2n) is 7.18. The Morgan fingerprint density at radius 1 is 1.17 bits per heavy atom. The molecular weight excluding hydrogens is 226 g/mol. The zero-order chi connectivity index (χ0) is 13.3. The minimum atomic E-state index is -0.380. The van der Waals surface area contributed by atoms with Gasteiger partial charge in [-0.15, -0.1) is 0 Å². The number of hydrogen-bond acceptors (Lipinski definition) is 2. The Morgan fingerprint density at radius 3 is 2.50 bits per heavy atom. The first-order valence-electron chi connectivity index (χ1n) is 7.33. The maximum absolute atomic E-state index is 12.1. The number of nitrogens with zero attached hydrogens (tertiary/aromatic N) is 1. The maximum Gasteiger partial charge on any atom is 0.410 e. The van der Waals surface area contributed by atoms with Crippen molar-refractivity contribution in [3.05, 3.63) is 0 Å². The van der Waals surface area contributed by atoms with Gasteiger partial charge in [-0.05, 0) is 51.4 Å². The molecule has 1 aliphatic heterocycles. The molecule has 18 heavy (non-hydrogen) atoms. The van der Waals surface area contributed by atoms with Crippen LogP contribution in [0.2, 0.25) is 0 Å². The molecule has 2 fully saturated rings. The molecule has 0 aromatic rings. The Bertz CT molecular complexity index is 308. The average Bonchev–Trinajstić information content (AvgIpc) is 2.52. The van der Waals surface area contributed by atoms with Crippen LogP contribution >= 0.6 is 0 Å². The number of ether oxygens (including phenoxy) is 1. The van der Waals surface area contributed by atoms with E-state index in [1.165, 1.54) is 25.7 Å². The van der Waals surface area contributed by atoms with Crippen LogP contribution in [0.1, 0.15) is 53.4 Å². The second kappa shape index (κ2) is 5.10. The molecule has 104 valence electrons. The van der Waals surface area contributed by atoms with E-state index in [1.54, 1.807) is 0 Å². The zero-order valence-corrected chi connectivity index (χ0v) is 12.2. The number of rotatable bonds is 0. The fourth-order valence-electron chi connectivity index (χ4n) is 3.37. The Labute approximate surface area is 111 Å². The number of carbonyl (C=O) groups is 1. The lowest BCUT2D eigenvalue weighted by atomic mass is 9.89. The molecule has 1 amide bonds. The van der Waals surface area contributed by atoms with Gasteiger partial charge in [-0.2, -0.15) is 0 Å². The fourth-order valence-corrected chi connectivity index (χ4v) is 3.37. The van der Waals surface area contributed by atoms with E-state index in [9.17, 15) is 4.79 Å². The highest BCUT2D eigenvalue weighted by atomic mass is 16.6. The summed E-state index contributed by atoms with van der Waals surface area (Å²) in [6.07, 6.45) is 5.13. The molecule has 3 atom stereocenters. The molecule has 1 heterocycles. The van der Waals surface area contributed by atoms with Crippen molar-refractivity contribution in [1.29, 1.82) is 0 Å². The fraction of sp³-hybridized carbons (Fsp3) is 0.933. The van der Waals surface area contributed by atoms with Crippen LogP contribution in [0.3, 0.4) is 0 Å². The third-order valence-corrected chi connectivity index (χ3v) is 4.21. The minimum Gasteiger partial charge on any atom is -0.444 e. The van der Waals surface area contributed by atoms with Gasteiger partial charge in [0.15, 0.2) is 0 Å². The van der Waals surface area contributed by atoms with Gasteiger partial charge < -0.3 is 9.64 Å². The third kappa shape index (κ3) is 3.39. The van der Waals surface area contributed by atoms with Gasteiger partial charge in [-0.25, -0.2) is 4.79 Å². The third-order valence-electron chi connectivity index (χ3n) is 4.21. The van der Waals surface area contributed by atoms with Crippen LogP contribution in [0.4, 0.5) is 4.79 Å². The summed E-state index contributed by atoms with van der Waals surface area (Å²) in [5.41, 5.74) is -0.380. The molecule has 3 unspecified atom stereocenters. The van der Waals surface area contributed by atoms with Crippen LogP contribution in [0.15, 0.2) is 0 Å². The molecule has 0 aromatic heterocycles. The van der Waals surface area contributed by atoms with Crippen LogP contribution < -0.4 is 0 Å². The first kappa shape index (κ1) is 13.7. The van der Waals surface area contributed by atoms with Gasteiger partial charge in [-0.1, -0.05) is 19.8 Å². The van der Waals surface area contributed by atoms with Crippen molar-refractivity contribution in [2.24, 2.45) is 17.8 Å². The molecule has 3 heteroatoms. The van der Waals surface area contributed by atoms with Gasteiger partial charge in [0.25, 0.3) is 0 Å². The molecular formula is C15H27NO2. The second-order valence-corrected chi connectivity index (χ2v) is 7.18. The number of fused-ring (bicyclic) bond motifs is 1. The molecule has 1 aliphatic carbocycles. The Kier molecular flexibility index (Phi) is 3.88. The van der Waals surface area contributed by atoms with Gasteiger partial charge in [0, 0.05) is 13.1 Å². The standard InChI is InChI=1S/C15H27NO2/c1-11-6-5-7-12-9-16(10-13(12)8-11)14(17)18-15(2,3)4/h11-13H,5-10H2,1-4H3. The topological polar surface area (TPSA) is 29.5 Å². The van der Waals surface area contributed by atoms with Gasteiger partial charge in [0.2, 0.25) is 0 Å². The lowest BCUT2D eigenvalue weighted by Crippen LogP contribution is -2.35. The highest BCUT2D eigenvalue weighted by molar-refractivity contribution is 5.68. The zero-order valence-electron chi connectivity index (χ0n) is 12.2. The SMILES string of the molecule is CC1CCCC2CN(C(=O)OC(C)(C)C)CC2C1. The van der Waals surface area contributed by atoms with Crippen LogP contribution in [-0.4, -0.2) is 29.7 Å². The van der Waals surface area contributed by atoms with Gasteiger partial charge in [0.1, 0.15) is 5.60 Å². The molecule has 0 bridgehead atoms. The lowest BCUT2D eigenvalue weighted by Gasteiger charge is -2.24. The Morgan fingerprint density at radius 2 is 1.83 bits per heavy atom. The molecule has 0 radical (unpaired) electrons. The van der Waals surface area contributed by atoms with Crippen LogP contribution in [0, 0.1) is 17.8 Å². The van der Waals surface area contributed by atoms with Crippen molar-refractivity contribution in [2.45, 2.75) is 59.0 Å². The summed E-state index contributed by atoms with van der Waals surface area (Å²) in [4.78, 5) is 14.0. The van der Waals surface area contributed by atoms with E-state index < -0.39 is 0 Å². The van der Waals surface area contributed by atoms with E-state index in [-0.39, 0.29) is 11.7 Å². The molecule has 0 N–H and O–H groups in total. The predicted octanol–water partition coefficient (Wildman–Crippen LogP) is 3.68. The Balaban J connectivity index is 1.93. The van der Waals surface area contributed by atoms with Crippen molar-refractivity contribution < 1.29 is 9.53 Å². The summed E-state index contributed by atoms with van der Waals surface area (Å²) in [5, 5.41) is 0. The van der Waals surface area contributed by atoms with Gasteiger partial charge >= 0.3 is 6.09 Å². The number of likely N-dealkylation sites (tertiary alicyclic amines) is 1. The van der Waals surface area contributed by atoms with E-state index in [1.807, 2.05) is 25.7 Å². The molecule has 3 nitrogen and oxygen atoms in total. The van der Waals surface area contributed by atoms with E-state index in [4.69, 9.17) is 4.74 Å². The highest BCUT2D eigenvalue weighted by Gasteiger charge is 2.38.